The van der Waals surface area contributed by atoms with Crippen molar-refractivity contribution >= 4 is 29.3 Å². The largest absolute Gasteiger partial charge is 0.462 e. The van der Waals surface area contributed by atoms with Crippen molar-refractivity contribution < 1.29 is 48.0 Å². The molecule has 0 heterocycles. The summed E-state index contributed by atoms with van der Waals surface area (Å²) >= 11 is 0. The highest BCUT2D eigenvalue weighted by Crippen LogP contribution is 2.71. The van der Waals surface area contributed by atoms with E-state index < -0.39 is 64.3 Å². The maximum Gasteiger partial charge on any atom is 0.306 e. The Morgan fingerprint density at radius 1 is 0.857 bits per heavy atom. The lowest BCUT2D eigenvalue weighted by molar-refractivity contribution is -0.220. The molecule has 56 heavy (non-hydrogen) atoms. The fraction of sp³-hybridized carbons (Fsp3) is 0.761. The Balaban J connectivity index is 0.837. The van der Waals surface area contributed by atoms with E-state index in [0.717, 1.165) is 44.9 Å². The van der Waals surface area contributed by atoms with Gasteiger partial charge < -0.3 is 19.7 Å². The molecule has 0 aliphatic heterocycles. The molecule has 0 radical (unpaired) electrons. The van der Waals surface area contributed by atoms with Crippen molar-refractivity contribution in [2.75, 3.05) is 6.61 Å². The molecule has 0 aromatic heterocycles. The normalized spacial score (nSPS) is 47.6. The molecule has 0 spiro atoms. The summed E-state index contributed by atoms with van der Waals surface area (Å²) in [5.74, 6) is -1.63. The van der Waals surface area contributed by atoms with Crippen LogP contribution in [-0.2, 0) is 33.4 Å². The van der Waals surface area contributed by atoms with Crippen LogP contribution in [-0.4, -0.2) is 69.6 Å². The number of fused-ring (bicyclic) bond motifs is 10. The molecule has 0 saturated heterocycles. The van der Waals surface area contributed by atoms with Crippen molar-refractivity contribution in [3.05, 3.63) is 35.5 Å². The number of halogens is 1. The highest BCUT2D eigenvalue weighted by molar-refractivity contribution is 6.01. The first kappa shape index (κ1) is 39.8. The van der Waals surface area contributed by atoms with Crippen LogP contribution in [0.5, 0.6) is 0 Å². The molecule has 6 fully saturated rings. The minimum Gasteiger partial charge on any atom is -0.462 e. The lowest BCUT2D eigenvalue weighted by Gasteiger charge is -2.62. The summed E-state index contributed by atoms with van der Waals surface area (Å²) in [6, 6.07) is 0. The zero-order chi connectivity index (χ0) is 40.2. The molecule has 8 aliphatic rings. The first-order valence-corrected chi connectivity index (χ1v) is 21.5. The fourth-order valence-corrected chi connectivity index (χ4v) is 14.8. The van der Waals surface area contributed by atoms with Gasteiger partial charge in [0.05, 0.1) is 6.10 Å². The summed E-state index contributed by atoms with van der Waals surface area (Å²) < 4.78 is 29.0. The third-order valence-corrected chi connectivity index (χ3v) is 17.9. The average molecular weight is 777 g/mol. The van der Waals surface area contributed by atoms with Gasteiger partial charge in [0.1, 0.15) is 11.7 Å². The van der Waals surface area contributed by atoms with Crippen molar-refractivity contribution in [2.24, 2.45) is 57.2 Å². The summed E-state index contributed by atoms with van der Waals surface area (Å²) in [6.45, 7) is 9.25. The van der Waals surface area contributed by atoms with E-state index in [2.05, 4.69) is 13.8 Å². The maximum absolute atomic E-state index is 17.5. The standard InChI is InChI=1S/C46H61FO9/c1-26-21-35-34-12-10-28-23-30(49)16-20-43(28,4)45(34,47)36(50)24-44(35,5)46(26,54)37(51)25-55-39(52)7-6-8-40(53)56-38-14-13-32-31-11-9-27-22-29(48)15-18-41(27,2)33(31)17-19-42(32,38)3/h16,20,22-23,26,31-36,38,50,54H,6-15,17-19,21,24-25H2,1-5H3. The number of hydrogen-bond donors (Lipinski definition) is 2. The number of ether oxygens (including phenoxy) is 2. The van der Waals surface area contributed by atoms with E-state index in [-0.39, 0.29) is 60.2 Å². The van der Waals surface area contributed by atoms with E-state index in [4.69, 9.17) is 9.47 Å². The number of alkyl halides is 1. The molecule has 0 aromatic carbocycles. The molecule has 0 aromatic rings. The van der Waals surface area contributed by atoms with E-state index in [9.17, 15) is 34.2 Å². The van der Waals surface area contributed by atoms with Crippen molar-refractivity contribution in [3.63, 3.8) is 0 Å². The molecular formula is C46H61FO9. The third-order valence-electron chi connectivity index (χ3n) is 17.9. The van der Waals surface area contributed by atoms with Crippen molar-refractivity contribution in [1.29, 1.82) is 0 Å². The topological polar surface area (TPSA) is 144 Å². The number of esters is 2. The van der Waals surface area contributed by atoms with Crippen LogP contribution >= 0.6 is 0 Å². The number of aliphatic hydroxyl groups is 2. The monoisotopic (exact) mass is 776 g/mol. The van der Waals surface area contributed by atoms with Crippen molar-refractivity contribution in [1.82, 2.24) is 0 Å². The van der Waals surface area contributed by atoms with Crippen LogP contribution in [0.4, 0.5) is 4.39 Å². The molecule has 8 aliphatic carbocycles. The summed E-state index contributed by atoms with van der Waals surface area (Å²) in [4.78, 5) is 64.2. The van der Waals surface area contributed by atoms with Gasteiger partial charge in [0.15, 0.2) is 23.8 Å². The summed E-state index contributed by atoms with van der Waals surface area (Å²) in [7, 11) is 0. The molecule has 14 atom stereocenters. The Morgan fingerprint density at radius 3 is 2.36 bits per heavy atom. The minimum atomic E-state index is -2.08. The predicted octanol–water partition coefficient (Wildman–Crippen LogP) is 7.06. The van der Waals surface area contributed by atoms with Crippen LogP contribution in [0.1, 0.15) is 131 Å². The number of aliphatic hydroxyl groups excluding tert-OH is 1. The number of Topliss-reactive ketones (excluding diaryl/α,β-unsaturated/α-hetero) is 1. The van der Waals surface area contributed by atoms with Crippen molar-refractivity contribution in [3.8, 4) is 0 Å². The summed E-state index contributed by atoms with van der Waals surface area (Å²) in [6.07, 6.45) is 13.5. The van der Waals surface area contributed by atoms with Crippen LogP contribution in [0.3, 0.4) is 0 Å². The second kappa shape index (κ2) is 13.5. The lowest BCUT2D eigenvalue weighted by Crippen LogP contribution is -2.69. The van der Waals surface area contributed by atoms with Gasteiger partial charge in [-0.2, -0.15) is 0 Å². The molecular weight excluding hydrogens is 715 g/mol. The fourth-order valence-electron chi connectivity index (χ4n) is 14.8. The van der Waals surface area contributed by atoms with E-state index in [0.29, 0.717) is 49.0 Å². The van der Waals surface area contributed by atoms with Gasteiger partial charge in [0.25, 0.3) is 0 Å². The zero-order valence-corrected chi connectivity index (χ0v) is 33.9. The van der Waals surface area contributed by atoms with Gasteiger partial charge in [-0.25, -0.2) is 4.39 Å². The van der Waals surface area contributed by atoms with Gasteiger partial charge in [-0.1, -0.05) is 44.9 Å². The summed E-state index contributed by atoms with van der Waals surface area (Å²) in [5, 5.41) is 23.8. The molecule has 306 valence electrons. The molecule has 6 saturated carbocycles. The SMILES string of the molecule is CC1CC2C3CCC4=CC(=O)C=CC4(C)C3(F)C(O)CC2(C)C1(O)C(=O)COC(=O)CCCC(=O)OC1CCC2C3CCC4=CC(=O)CCC4(C)C3CCC12C. The van der Waals surface area contributed by atoms with Gasteiger partial charge in [-0.15, -0.1) is 0 Å². The highest BCUT2D eigenvalue weighted by Gasteiger charge is 2.75. The number of carbonyl (C=O) groups is 5. The van der Waals surface area contributed by atoms with Gasteiger partial charge >= 0.3 is 11.9 Å². The number of allylic oxidation sites excluding steroid dienone is 5. The van der Waals surface area contributed by atoms with Crippen LogP contribution in [0.2, 0.25) is 0 Å². The molecule has 2 N–H and O–H groups in total. The van der Waals surface area contributed by atoms with Crippen molar-refractivity contribution in [2.45, 2.75) is 154 Å². The molecule has 10 heteroatoms. The van der Waals surface area contributed by atoms with Crippen LogP contribution in [0, 0.1) is 57.2 Å². The van der Waals surface area contributed by atoms with Gasteiger partial charge in [0.2, 0.25) is 5.78 Å². The number of carbonyl (C=O) groups excluding carboxylic acids is 5. The Kier molecular flexibility index (Phi) is 9.63. The minimum absolute atomic E-state index is 0.0523. The number of ketones is 3. The molecule has 0 bridgehead atoms. The molecule has 0 amide bonds. The van der Waals surface area contributed by atoms with E-state index in [1.54, 1.807) is 26.8 Å². The van der Waals surface area contributed by atoms with Gasteiger partial charge in [-0.3, -0.25) is 24.0 Å². The van der Waals surface area contributed by atoms with Crippen LogP contribution in [0.25, 0.3) is 0 Å². The first-order chi connectivity index (χ1) is 26.3. The Hall–Kier alpha value is -2.98. The Morgan fingerprint density at radius 2 is 1.59 bits per heavy atom. The second-order valence-corrected chi connectivity index (χ2v) is 20.2. The molecule has 9 nitrogen and oxygen atoms in total. The number of rotatable bonds is 8. The molecule has 8 rings (SSSR count). The number of hydrogen-bond acceptors (Lipinski definition) is 9. The van der Waals surface area contributed by atoms with E-state index in [1.807, 2.05) is 6.08 Å². The Labute approximate surface area is 330 Å². The van der Waals surface area contributed by atoms with Crippen LogP contribution < -0.4 is 0 Å². The van der Waals surface area contributed by atoms with Gasteiger partial charge in [-0.05, 0) is 137 Å². The highest BCUT2D eigenvalue weighted by atomic mass is 19.1. The second-order valence-electron chi connectivity index (χ2n) is 20.2. The Bertz CT molecular complexity index is 1820. The van der Waals surface area contributed by atoms with E-state index >= 15 is 4.39 Å². The lowest BCUT2D eigenvalue weighted by atomic mass is 9.44. The first-order valence-electron chi connectivity index (χ1n) is 21.5. The average Bonchev–Trinajstić information content (AvgIpc) is 3.58. The van der Waals surface area contributed by atoms with Gasteiger partial charge in [0, 0.05) is 41.4 Å². The van der Waals surface area contributed by atoms with Crippen LogP contribution in [0.15, 0.2) is 35.5 Å². The molecule has 14 unspecified atom stereocenters. The zero-order valence-electron chi connectivity index (χ0n) is 33.9. The maximum atomic E-state index is 17.5. The predicted molar refractivity (Wildman–Crippen MR) is 204 cm³/mol. The summed E-state index contributed by atoms with van der Waals surface area (Å²) in [5.41, 5.74) is -4.35. The third kappa shape index (κ3) is 5.52. The van der Waals surface area contributed by atoms with E-state index in [1.165, 1.54) is 17.7 Å². The quantitative estimate of drug-likeness (QED) is 0.248. The smallest absolute Gasteiger partial charge is 0.306 e.